The first-order chi connectivity index (χ1) is 7.50. The van der Waals surface area contributed by atoms with Gasteiger partial charge in [-0.2, -0.15) is 5.10 Å². The minimum atomic E-state index is -0.961. The van der Waals surface area contributed by atoms with E-state index in [-0.39, 0.29) is 5.56 Å². The number of hydrogen-bond donors (Lipinski definition) is 1. The Morgan fingerprint density at radius 1 is 1.50 bits per heavy atom. The number of carboxylic acids is 1. The third kappa shape index (κ3) is 1.50. The molecule has 2 aromatic heterocycles. The van der Waals surface area contributed by atoms with E-state index in [4.69, 9.17) is 5.11 Å². The highest BCUT2D eigenvalue weighted by Crippen LogP contribution is 2.25. The van der Waals surface area contributed by atoms with Gasteiger partial charge in [0, 0.05) is 20.3 Å². The molecule has 0 amide bonds. The van der Waals surface area contributed by atoms with Crippen molar-refractivity contribution >= 4 is 17.2 Å². The van der Waals surface area contributed by atoms with E-state index in [0.29, 0.717) is 5.69 Å². The van der Waals surface area contributed by atoms with Crippen LogP contribution in [0.25, 0.3) is 5.52 Å². The average Bonchev–Trinajstić information content (AvgIpc) is 2.55. The molecule has 84 valence electrons. The molecule has 0 aliphatic carbocycles. The molecule has 0 fully saturated rings. The molecule has 0 atom stereocenters. The Morgan fingerprint density at radius 2 is 2.19 bits per heavy atom. The number of aromatic carboxylic acids is 1. The summed E-state index contributed by atoms with van der Waals surface area (Å²) in [5.74, 6) is -0.961. The predicted octanol–water partition coefficient (Wildman–Crippen LogP) is 1.41. The molecule has 5 nitrogen and oxygen atoms in total. The monoisotopic (exact) mass is 219 g/mol. The molecule has 1 N–H and O–H groups in total. The summed E-state index contributed by atoms with van der Waals surface area (Å²) in [5.41, 5.74) is 2.76. The van der Waals surface area contributed by atoms with E-state index in [1.54, 1.807) is 9.42 Å². The quantitative estimate of drug-likeness (QED) is 0.829. The highest BCUT2D eigenvalue weighted by atomic mass is 16.4. The van der Waals surface area contributed by atoms with Crippen molar-refractivity contribution in [2.45, 2.75) is 6.92 Å². The molecule has 0 saturated carbocycles. The van der Waals surface area contributed by atoms with Gasteiger partial charge in [-0.3, -0.25) is 0 Å². The van der Waals surface area contributed by atoms with Gasteiger partial charge in [-0.1, -0.05) is 0 Å². The number of aryl methyl sites for hydroxylation is 1. The van der Waals surface area contributed by atoms with Crippen LogP contribution in [0.1, 0.15) is 15.9 Å². The summed E-state index contributed by atoms with van der Waals surface area (Å²) in [6.07, 6.45) is 3.25. The number of rotatable bonds is 2. The summed E-state index contributed by atoms with van der Waals surface area (Å²) < 4.78 is 1.69. The van der Waals surface area contributed by atoms with Crippen molar-refractivity contribution in [3.8, 4) is 0 Å². The van der Waals surface area contributed by atoms with Crippen LogP contribution in [0.3, 0.4) is 0 Å². The van der Waals surface area contributed by atoms with Crippen LogP contribution in [0.2, 0.25) is 0 Å². The molecule has 16 heavy (non-hydrogen) atoms. The first-order valence-electron chi connectivity index (χ1n) is 4.89. The van der Waals surface area contributed by atoms with Crippen LogP contribution in [0.15, 0.2) is 18.5 Å². The van der Waals surface area contributed by atoms with E-state index in [9.17, 15) is 4.79 Å². The van der Waals surface area contributed by atoms with Gasteiger partial charge in [0.15, 0.2) is 0 Å². The Morgan fingerprint density at radius 3 is 2.75 bits per heavy atom. The fourth-order valence-electron chi connectivity index (χ4n) is 1.80. The molecule has 0 radical (unpaired) electrons. The number of hydrogen-bond acceptors (Lipinski definition) is 3. The predicted molar refractivity (Wildman–Crippen MR) is 61.2 cm³/mol. The number of carbonyl (C=O) groups is 1. The Bertz CT molecular complexity index is 558. The lowest BCUT2D eigenvalue weighted by Crippen LogP contribution is -2.16. The maximum atomic E-state index is 11.1. The summed E-state index contributed by atoms with van der Waals surface area (Å²) in [7, 11) is 3.65. The molecule has 0 unspecified atom stereocenters. The molecular formula is C11H13N3O2. The summed E-state index contributed by atoms with van der Waals surface area (Å²) in [6.45, 7) is 1.95. The molecule has 2 aromatic rings. The zero-order chi connectivity index (χ0) is 11.9. The first kappa shape index (κ1) is 10.5. The lowest BCUT2D eigenvalue weighted by molar-refractivity contribution is 0.0697. The fourth-order valence-corrected chi connectivity index (χ4v) is 1.80. The Kier molecular flexibility index (Phi) is 2.30. The zero-order valence-corrected chi connectivity index (χ0v) is 9.43. The number of anilines is 1. The van der Waals surface area contributed by atoms with Crippen LogP contribution < -0.4 is 4.90 Å². The lowest BCUT2D eigenvalue weighted by atomic mass is 10.2. The number of nitrogens with zero attached hydrogens (tertiary/aromatic N) is 3. The second-order valence-electron chi connectivity index (χ2n) is 3.95. The highest BCUT2D eigenvalue weighted by Gasteiger charge is 2.16. The second-order valence-corrected chi connectivity index (χ2v) is 3.95. The molecule has 0 bridgehead atoms. The zero-order valence-electron chi connectivity index (χ0n) is 9.43. The summed E-state index contributed by atoms with van der Waals surface area (Å²) in [6, 6.07) is 1.93. The Hall–Kier alpha value is -2.04. The summed E-state index contributed by atoms with van der Waals surface area (Å²) in [4.78, 5) is 12.9. The minimum Gasteiger partial charge on any atom is -0.478 e. The van der Waals surface area contributed by atoms with Gasteiger partial charge in [-0.15, -0.1) is 0 Å². The van der Waals surface area contributed by atoms with E-state index in [2.05, 4.69) is 5.10 Å². The Labute approximate surface area is 92.9 Å². The van der Waals surface area contributed by atoms with Crippen molar-refractivity contribution in [3.05, 3.63) is 29.6 Å². The van der Waals surface area contributed by atoms with Crippen molar-refractivity contribution in [1.29, 1.82) is 0 Å². The fraction of sp³-hybridized carbons (Fsp3) is 0.273. The summed E-state index contributed by atoms with van der Waals surface area (Å²) in [5, 5.41) is 13.2. The smallest absolute Gasteiger partial charge is 0.339 e. The minimum absolute atomic E-state index is 0.218. The number of fused-ring (bicyclic) bond motifs is 1. The standard InChI is InChI=1S/C11H13N3O2/c1-7-4-9-10(13(2)3)8(11(15)16)5-12-14(9)6-7/h4-6H,1-3H3,(H,15,16). The molecule has 0 saturated heterocycles. The molecule has 2 rings (SSSR count). The molecule has 0 spiro atoms. The van der Waals surface area contributed by atoms with E-state index in [1.165, 1.54) is 6.20 Å². The van der Waals surface area contributed by atoms with Crippen molar-refractivity contribution in [1.82, 2.24) is 9.61 Å². The van der Waals surface area contributed by atoms with Gasteiger partial charge in [0.05, 0.1) is 17.4 Å². The first-order valence-corrected chi connectivity index (χ1v) is 4.89. The van der Waals surface area contributed by atoms with Crippen LogP contribution in [0, 0.1) is 6.92 Å². The number of carboxylic acid groups (broad SMARTS) is 1. The van der Waals surface area contributed by atoms with Crippen molar-refractivity contribution in [2.75, 3.05) is 19.0 Å². The molecule has 0 aliphatic heterocycles. The van der Waals surface area contributed by atoms with E-state index < -0.39 is 5.97 Å². The van der Waals surface area contributed by atoms with E-state index in [0.717, 1.165) is 11.1 Å². The van der Waals surface area contributed by atoms with Crippen molar-refractivity contribution < 1.29 is 9.90 Å². The normalized spacial score (nSPS) is 10.7. The maximum Gasteiger partial charge on any atom is 0.339 e. The topological polar surface area (TPSA) is 57.8 Å². The van der Waals surface area contributed by atoms with Crippen LogP contribution in [-0.4, -0.2) is 34.8 Å². The van der Waals surface area contributed by atoms with Crippen LogP contribution in [-0.2, 0) is 0 Å². The van der Waals surface area contributed by atoms with Gasteiger partial charge in [0.2, 0.25) is 0 Å². The van der Waals surface area contributed by atoms with Crippen molar-refractivity contribution in [2.24, 2.45) is 0 Å². The van der Waals surface area contributed by atoms with Gasteiger partial charge in [0.25, 0.3) is 0 Å². The third-order valence-electron chi connectivity index (χ3n) is 2.42. The van der Waals surface area contributed by atoms with Crippen LogP contribution >= 0.6 is 0 Å². The van der Waals surface area contributed by atoms with Crippen LogP contribution in [0.5, 0.6) is 0 Å². The Balaban J connectivity index is 2.83. The SMILES string of the molecule is Cc1cc2c(N(C)C)c(C(=O)O)cnn2c1. The van der Waals surface area contributed by atoms with Gasteiger partial charge in [0.1, 0.15) is 5.56 Å². The van der Waals surface area contributed by atoms with Crippen LogP contribution in [0.4, 0.5) is 5.69 Å². The molecule has 0 aromatic carbocycles. The van der Waals surface area contributed by atoms with Gasteiger partial charge >= 0.3 is 5.97 Å². The summed E-state index contributed by atoms with van der Waals surface area (Å²) >= 11 is 0. The van der Waals surface area contributed by atoms with E-state index in [1.807, 2.05) is 33.3 Å². The van der Waals surface area contributed by atoms with Gasteiger partial charge in [-0.05, 0) is 18.6 Å². The second kappa shape index (κ2) is 3.52. The average molecular weight is 219 g/mol. The van der Waals surface area contributed by atoms with Gasteiger partial charge in [-0.25, -0.2) is 9.31 Å². The molecule has 2 heterocycles. The highest BCUT2D eigenvalue weighted by molar-refractivity contribution is 5.98. The molecular weight excluding hydrogens is 206 g/mol. The van der Waals surface area contributed by atoms with Crippen molar-refractivity contribution in [3.63, 3.8) is 0 Å². The molecule has 0 aliphatic rings. The number of aromatic nitrogens is 2. The molecule has 5 heteroatoms. The maximum absolute atomic E-state index is 11.1. The largest absolute Gasteiger partial charge is 0.478 e. The third-order valence-corrected chi connectivity index (χ3v) is 2.42. The van der Waals surface area contributed by atoms with E-state index >= 15 is 0 Å². The van der Waals surface area contributed by atoms with Gasteiger partial charge < -0.3 is 10.0 Å². The lowest BCUT2D eigenvalue weighted by Gasteiger charge is -2.16.